The Morgan fingerprint density at radius 1 is 0.303 bits per heavy atom. The lowest BCUT2D eigenvalue weighted by atomic mass is 9.75. The van der Waals surface area contributed by atoms with E-state index in [9.17, 15) is 0 Å². The van der Waals surface area contributed by atoms with Crippen molar-refractivity contribution in [1.82, 2.24) is 0 Å². The van der Waals surface area contributed by atoms with Gasteiger partial charge in [-0.25, -0.2) is 0 Å². The van der Waals surface area contributed by atoms with E-state index in [2.05, 4.69) is 248 Å². The van der Waals surface area contributed by atoms with E-state index in [1.165, 1.54) is 66.8 Å². The Kier molecular flexibility index (Phi) is 15.5. The van der Waals surface area contributed by atoms with Crippen molar-refractivity contribution in [1.29, 1.82) is 0 Å². The SMILES string of the molecule is CC(c1ccccc1)c1ccc(Oc2ccc(C(C)c3ccccc3)c(C(C)c3ccccc3)c2C(C)c2ccccc2)c(C(C)c2ccccc2)c1C(C)c1ccccc1.O=S(=O)(O)O. The Balaban J connectivity index is 0.00000123. The summed E-state index contributed by atoms with van der Waals surface area (Å²) in [5, 5.41) is 0. The van der Waals surface area contributed by atoms with E-state index >= 15 is 0 Å². The highest BCUT2D eigenvalue weighted by atomic mass is 32.3. The van der Waals surface area contributed by atoms with Crippen molar-refractivity contribution in [3.63, 3.8) is 0 Å². The van der Waals surface area contributed by atoms with Crippen molar-refractivity contribution < 1.29 is 22.3 Å². The van der Waals surface area contributed by atoms with Crippen LogP contribution in [0.25, 0.3) is 0 Å². The van der Waals surface area contributed by atoms with Crippen LogP contribution in [0.5, 0.6) is 11.5 Å². The van der Waals surface area contributed by atoms with Gasteiger partial charge in [0.1, 0.15) is 11.5 Å². The van der Waals surface area contributed by atoms with Crippen LogP contribution < -0.4 is 4.74 Å². The van der Waals surface area contributed by atoms with Gasteiger partial charge in [0, 0.05) is 46.6 Å². The molecule has 2 N–H and O–H groups in total. The second-order valence-corrected chi connectivity index (χ2v) is 18.2. The minimum atomic E-state index is -4.67. The molecule has 0 amide bonds. The van der Waals surface area contributed by atoms with Gasteiger partial charge in [-0.1, -0.05) is 236 Å². The first kappa shape index (κ1) is 47.4. The Hall–Kier alpha value is -6.57. The molecular weight excluding hydrogens is 833 g/mol. The fourth-order valence-electron chi connectivity index (χ4n) is 9.65. The van der Waals surface area contributed by atoms with E-state index in [0.29, 0.717) is 0 Å². The minimum absolute atomic E-state index is 0.0513. The van der Waals surface area contributed by atoms with E-state index in [0.717, 1.165) is 11.5 Å². The van der Waals surface area contributed by atoms with Crippen LogP contribution in [0, 0.1) is 0 Å². The van der Waals surface area contributed by atoms with Gasteiger partial charge in [-0.15, -0.1) is 0 Å². The summed E-state index contributed by atoms with van der Waals surface area (Å²) in [5.41, 5.74) is 15.5. The largest absolute Gasteiger partial charge is 0.457 e. The topological polar surface area (TPSA) is 83.8 Å². The molecular formula is C60H60O5S. The highest BCUT2D eigenvalue weighted by molar-refractivity contribution is 7.79. The van der Waals surface area contributed by atoms with Crippen molar-refractivity contribution >= 4 is 10.4 Å². The molecule has 0 saturated heterocycles. The smallest absolute Gasteiger partial charge is 0.394 e. The first-order valence-corrected chi connectivity index (χ1v) is 24.2. The van der Waals surface area contributed by atoms with Crippen LogP contribution in [0.15, 0.2) is 206 Å². The van der Waals surface area contributed by atoms with Crippen LogP contribution in [-0.4, -0.2) is 17.5 Å². The van der Waals surface area contributed by atoms with Crippen LogP contribution >= 0.6 is 0 Å². The summed E-state index contributed by atoms with van der Waals surface area (Å²) in [7, 11) is -4.67. The highest BCUT2D eigenvalue weighted by Crippen LogP contribution is 2.49. The molecule has 0 saturated carbocycles. The van der Waals surface area contributed by atoms with Gasteiger partial charge in [0.05, 0.1) is 0 Å². The molecule has 0 radical (unpaired) electrons. The Labute approximate surface area is 392 Å². The molecule has 0 aliphatic heterocycles. The molecule has 0 bridgehead atoms. The first-order valence-electron chi connectivity index (χ1n) is 22.8. The molecule has 8 aromatic rings. The average molecular weight is 893 g/mol. The van der Waals surface area contributed by atoms with Crippen molar-refractivity contribution in [3.05, 3.63) is 273 Å². The molecule has 0 aliphatic rings. The zero-order chi connectivity index (χ0) is 46.8. The summed E-state index contributed by atoms with van der Waals surface area (Å²) < 4.78 is 39.2. The predicted octanol–water partition coefficient (Wildman–Crippen LogP) is 15.7. The third kappa shape index (κ3) is 11.3. The van der Waals surface area contributed by atoms with Crippen LogP contribution in [0.1, 0.15) is 144 Å². The van der Waals surface area contributed by atoms with E-state index in [4.69, 9.17) is 22.3 Å². The van der Waals surface area contributed by atoms with Gasteiger partial charge < -0.3 is 4.74 Å². The normalized spacial score (nSPS) is 14.1. The lowest BCUT2D eigenvalue weighted by Crippen LogP contribution is -2.15. The molecule has 8 aromatic carbocycles. The maximum Gasteiger partial charge on any atom is 0.394 e. The monoisotopic (exact) mass is 892 g/mol. The number of rotatable bonds is 14. The van der Waals surface area contributed by atoms with E-state index in [1.54, 1.807) is 0 Å². The molecule has 336 valence electrons. The molecule has 0 heterocycles. The molecule has 6 unspecified atom stereocenters. The lowest BCUT2D eigenvalue weighted by Gasteiger charge is -2.32. The minimum Gasteiger partial charge on any atom is -0.457 e. The summed E-state index contributed by atoms with van der Waals surface area (Å²) in [6.07, 6.45) is 0. The van der Waals surface area contributed by atoms with Gasteiger partial charge >= 0.3 is 10.4 Å². The Morgan fingerprint density at radius 3 is 0.727 bits per heavy atom. The Morgan fingerprint density at radius 2 is 0.500 bits per heavy atom. The number of hydrogen-bond acceptors (Lipinski definition) is 3. The summed E-state index contributed by atoms with van der Waals surface area (Å²) >= 11 is 0. The van der Waals surface area contributed by atoms with Gasteiger partial charge in [0.25, 0.3) is 0 Å². The summed E-state index contributed by atoms with van der Waals surface area (Å²) in [6.45, 7) is 14.2. The van der Waals surface area contributed by atoms with Crippen LogP contribution in [0.3, 0.4) is 0 Å². The number of benzene rings is 8. The maximum absolute atomic E-state index is 8.74. The zero-order valence-electron chi connectivity index (χ0n) is 38.6. The molecule has 66 heavy (non-hydrogen) atoms. The molecule has 8 rings (SSSR count). The molecule has 6 heteroatoms. The second kappa shape index (κ2) is 21.6. The standard InChI is InChI=1S/C60H58O.H2O4S/c1-41(47-25-13-7-14-26-47)53-37-39-55(59(45(5)51-33-21-11-22-34-51)57(53)43(3)49-29-17-9-18-30-49)61-56-40-38-54(42(2)48-27-15-8-16-28-48)58(44(4)50-31-19-10-20-32-50)60(56)46(6)52-35-23-12-24-36-52;1-5(2,3)4/h7-46H,1-6H3;(H2,1,2,3,4). The molecule has 0 spiro atoms. The fraction of sp³-hybridized carbons (Fsp3) is 0.200. The van der Waals surface area contributed by atoms with Gasteiger partial charge in [-0.3, -0.25) is 9.11 Å². The summed E-state index contributed by atoms with van der Waals surface area (Å²) in [6, 6.07) is 75.0. The van der Waals surface area contributed by atoms with Gasteiger partial charge in [-0.2, -0.15) is 8.42 Å². The average Bonchev–Trinajstić information content (AvgIpc) is 3.35. The zero-order valence-corrected chi connectivity index (χ0v) is 39.4. The van der Waals surface area contributed by atoms with Crippen molar-refractivity contribution in [3.8, 4) is 11.5 Å². The van der Waals surface area contributed by atoms with Crippen LogP contribution in [0.4, 0.5) is 0 Å². The predicted molar refractivity (Wildman–Crippen MR) is 271 cm³/mol. The quantitative estimate of drug-likeness (QED) is 0.106. The Bertz CT molecular complexity index is 2700. The fourth-order valence-corrected chi connectivity index (χ4v) is 9.65. The summed E-state index contributed by atoms with van der Waals surface area (Å²) in [4.78, 5) is 0. The highest BCUT2D eigenvalue weighted by Gasteiger charge is 2.31. The molecule has 5 nitrogen and oxygen atoms in total. The van der Waals surface area contributed by atoms with Crippen molar-refractivity contribution in [2.75, 3.05) is 0 Å². The van der Waals surface area contributed by atoms with E-state index < -0.39 is 10.4 Å². The van der Waals surface area contributed by atoms with Crippen LogP contribution in [0.2, 0.25) is 0 Å². The maximum atomic E-state index is 8.74. The lowest BCUT2D eigenvalue weighted by molar-refractivity contribution is 0.381. The summed E-state index contributed by atoms with van der Waals surface area (Å²) in [5.74, 6) is 2.47. The number of hydrogen-bond donors (Lipinski definition) is 2. The van der Waals surface area contributed by atoms with E-state index in [-0.39, 0.29) is 35.5 Å². The molecule has 0 aromatic heterocycles. The van der Waals surface area contributed by atoms with E-state index in [1.807, 2.05) is 0 Å². The van der Waals surface area contributed by atoms with Crippen LogP contribution in [-0.2, 0) is 10.4 Å². The second-order valence-electron chi connectivity index (χ2n) is 17.3. The third-order valence-corrected chi connectivity index (χ3v) is 13.2. The van der Waals surface area contributed by atoms with Gasteiger partial charge in [0.15, 0.2) is 0 Å². The molecule has 6 atom stereocenters. The van der Waals surface area contributed by atoms with Crippen molar-refractivity contribution in [2.24, 2.45) is 0 Å². The molecule has 0 fully saturated rings. The van der Waals surface area contributed by atoms with Gasteiger partial charge in [0.2, 0.25) is 0 Å². The van der Waals surface area contributed by atoms with Gasteiger partial charge in [-0.05, 0) is 67.8 Å². The third-order valence-electron chi connectivity index (χ3n) is 13.2. The number of ether oxygens (including phenoxy) is 1. The first-order chi connectivity index (χ1) is 31.8. The van der Waals surface area contributed by atoms with Crippen molar-refractivity contribution in [2.45, 2.75) is 77.0 Å². The molecule has 0 aliphatic carbocycles.